The molecule has 2 aromatic carbocycles. The summed E-state index contributed by atoms with van der Waals surface area (Å²) in [5.74, 6) is -1.14. The molecule has 1 amide bonds. The van der Waals surface area contributed by atoms with Crippen molar-refractivity contribution in [2.24, 2.45) is 0 Å². The predicted molar refractivity (Wildman–Crippen MR) is 149 cm³/mol. The van der Waals surface area contributed by atoms with E-state index in [2.05, 4.69) is 20.5 Å². The molecule has 2 N–H and O–H groups in total. The Morgan fingerprint density at radius 2 is 1.86 bits per heavy atom. The third-order valence-electron chi connectivity index (χ3n) is 7.85. The number of carbonyl (C=O) groups excluding carboxylic acids is 1. The number of benzene rings is 2. The number of nitrogens with one attached hydrogen (secondary N) is 1. The number of ether oxygens (including phenoxy) is 2. The lowest BCUT2D eigenvalue weighted by molar-refractivity contribution is -0.101. The lowest BCUT2D eigenvalue weighted by Gasteiger charge is -2.29. The lowest BCUT2D eigenvalue weighted by Crippen LogP contribution is -2.46. The zero-order valence-corrected chi connectivity index (χ0v) is 23.4. The fraction of sp³-hybridized carbons (Fsp3) is 0.355. The normalized spacial score (nSPS) is 16.8. The zero-order chi connectivity index (χ0) is 31.2. The highest BCUT2D eigenvalue weighted by atomic mass is 19.3. The molecule has 6 rings (SSSR count). The summed E-state index contributed by atoms with van der Waals surface area (Å²) in [5.41, 5.74) is -4.49. The second-order valence-electron chi connectivity index (χ2n) is 11.2. The first-order chi connectivity index (χ1) is 21.1. The first-order valence-corrected chi connectivity index (χ1v) is 13.9. The molecule has 1 fully saturated rings. The fourth-order valence-corrected chi connectivity index (χ4v) is 5.06. The van der Waals surface area contributed by atoms with Crippen LogP contribution in [-0.4, -0.2) is 65.2 Å². The van der Waals surface area contributed by atoms with E-state index < -0.39 is 61.4 Å². The SMILES string of the molecule is Cc1cc2cc(C(=O)NCC(O)(c3cc4c(c(-c5ccc(F)cc5)n3)OCC4(CF)CF)C(F)F)cc(OC3CC3)c2nn1. The molecule has 1 aliphatic carbocycles. The number of fused-ring (bicyclic) bond motifs is 2. The molecular weight excluding hydrogens is 587 g/mol. The van der Waals surface area contributed by atoms with Crippen LogP contribution in [0.5, 0.6) is 11.5 Å². The molecule has 8 nitrogen and oxygen atoms in total. The van der Waals surface area contributed by atoms with Gasteiger partial charge in [0.25, 0.3) is 12.3 Å². The molecule has 0 bridgehead atoms. The van der Waals surface area contributed by atoms with E-state index in [0.717, 1.165) is 31.0 Å². The maximum atomic E-state index is 14.7. The highest BCUT2D eigenvalue weighted by molar-refractivity contribution is 6.00. The minimum absolute atomic E-state index is 0.0329. The van der Waals surface area contributed by atoms with Crippen LogP contribution in [0.1, 0.15) is 40.2 Å². The number of carbonyl (C=O) groups is 1. The van der Waals surface area contributed by atoms with E-state index in [9.17, 15) is 31.9 Å². The number of aromatic nitrogens is 3. The van der Waals surface area contributed by atoms with Crippen molar-refractivity contribution in [3.8, 4) is 22.8 Å². The fourth-order valence-electron chi connectivity index (χ4n) is 5.06. The summed E-state index contributed by atoms with van der Waals surface area (Å²) >= 11 is 0. The van der Waals surface area contributed by atoms with Crippen LogP contribution in [0.4, 0.5) is 22.0 Å². The molecule has 230 valence electrons. The van der Waals surface area contributed by atoms with Gasteiger partial charge >= 0.3 is 0 Å². The molecule has 2 aromatic heterocycles. The van der Waals surface area contributed by atoms with Crippen LogP contribution >= 0.6 is 0 Å². The summed E-state index contributed by atoms with van der Waals surface area (Å²) in [6, 6.07) is 10.4. The van der Waals surface area contributed by atoms with Crippen LogP contribution in [0.25, 0.3) is 22.2 Å². The van der Waals surface area contributed by atoms with Crippen LogP contribution in [-0.2, 0) is 11.0 Å². The molecular formula is C31H27F5N4O4. The summed E-state index contributed by atoms with van der Waals surface area (Å²) in [7, 11) is 0. The van der Waals surface area contributed by atoms with Crippen LogP contribution in [0, 0.1) is 12.7 Å². The van der Waals surface area contributed by atoms with Crippen molar-refractivity contribution in [3.63, 3.8) is 0 Å². The molecule has 1 unspecified atom stereocenters. The van der Waals surface area contributed by atoms with Gasteiger partial charge in [0.2, 0.25) is 0 Å². The van der Waals surface area contributed by atoms with E-state index in [1.807, 2.05) is 0 Å². The summed E-state index contributed by atoms with van der Waals surface area (Å²) in [6.07, 6.45) is -1.85. The average Bonchev–Trinajstić information content (AvgIpc) is 3.76. The van der Waals surface area contributed by atoms with Crippen molar-refractivity contribution in [3.05, 3.63) is 76.9 Å². The van der Waals surface area contributed by atoms with Gasteiger partial charge in [0.15, 0.2) is 5.60 Å². The minimum Gasteiger partial charge on any atom is -0.490 e. The Kier molecular flexibility index (Phi) is 7.60. The number of aliphatic hydroxyl groups is 1. The van der Waals surface area contributed by atoms with Gasteiger partial charge in [-0.25, -0.2) is 26.9 Å². The maximum Gasteiger partial charge on any atom is 0.274 e. The third-order valence-corrected chi connectivity index (χ3v) is 7.85. The number of hydrogen-bond acceptors (Lipinski definition) is 7. The van der Waals surface area contributed by atoms with Gasteiger partial charge in [-0.3, -0.25) is 4.79 Å². The van der Waals surface area contributed by atoms with Crippen LogP contribution in [0.2, 0.25) is 0 Å². The summed E-state index contributed by atoms with van der Waals surface area (Å²) in [4.78, 5) is 17.5. The number of rotatable bonds is 10. The molecule has 3 heterocycles. The average molecular weight is 615 g/mol. The number of pyridine rings is 1. The third kappa shape index (κ3) is 5.29. The molecule has 44 heavy (non-hydrogen) atoms. The monoisotopic (exact) mass is 614 g/mol. The van der Waals surface area contributed by atoms with Crippen molar-refractivity contribution in [1.82, 2.24) is 20.5 Å². The molecule has 0 radical (unpaired) electrons. The molecule has 1 aliphatic heterocycles. The van der Waals surface area contributed by atoms with E-state index in [1.165, 1.54) is 24.3 Å². The van der Waals surface area contributed by atoms with E-state index in [4.69, 9.17) is 9.47 Å². The topological polar surface area (TPSA) is 106 Å². The molecule has 0 saturated heterocycles. The first kappa shape index (κ1) is 29.7. The van der Waals surface area contributed by atoms with Gasteiger partial charge in [-0.15, -0.1) is 5.10 Å². The van der Waals surface area contributed by atoms with Crippen LogP contribution in [0.15, 0.2) is 48.5 Å². The maximum absolute atomic E-state index is 14.7. The highest BCUT2D eigenvalue weighted by Gasteiger charge is 2.48. The second-order valence-corrected chi connectivity index (χ2v) is 11.2. The Labute approximate surface area is 248 Å². The smallest absolute Gasteiger partial charge is 0.274 e. The standard InChI is InChI=1S/C31H27F5N4O4/c1-16-8-18-9-19(10-23(25(18)40-39-16)44-21-6-7-21)28(41)37-14-31(42,29(35)36)24-11-22-27(43-15-30(22,12-32)13-33)26(38-24)17-2-4-20(34)5-3-17/h2-5,8-11,21,29,42H,6-7,12-15H2,1H3,(H,37,41). The van der Waals surface area contributed by atoms with Gasteiger partial charge in [-0.05, 0) is 68.3 Å². The summed E-state index contributed by atoms with van der Waals surface area (Å²) in [5, 5.41) is 22.4. The molecule has 2 aliphatic rings. The number of halogens is 5. The van der Waals surface area contributed by atoms with E-state index in [1.54, 1.807) is 13.0 Å². The van der Waals surface area contributed by atoms with Crippen molar-refractivity contribution in [1.29, 1.82) is 0 Å². The summed E-state index contributed by atoms with van der Waals surface area (Å²) < 4.78 is 83.0. The van der Waals surface area contributed by atoms with Gasteiger partial charge in [-0.1, -0.05) is 0 Å². The number of hydrogen-bond donors (Lipinski definition) is 2. The Balaban J connectivity index is 1.37. The highest BCUT2D eigenvalue weighted by Crippen LogP contribution is 2.47. The van der Waals surface area contributed by atoms with Gasteiger partial charge in [0.05, 0.1) is 29.5 Å². The van der Waals surface area contributed by atoms with E-state index >= 15 is 0 Å². The Morgan fingerprint density at radius 1 is 1.14 bits per heavy atom. The minimum atomic E-state index is -3.50. The van der Waals surface area contributed by atoms with Crippen molar-refractivity contribution in [2.45, 2.75) is 43.3 Å². The quantitative estimate of drug-likeness (QED) is 0.239. The molecule has 0 spiro atoms. The number of alkyl halides is 4. The van der Waals surface area contributed by atoms with Crippen molar-refractivity contribution >= 4 is 16.8 Å². The van der Waals surface area contributed by atoms with Crippen LogP contribution in [0.3, 0.4) is 0 Å². The summed E-state index contributed by atoms with van der Waals surface area (Å²) in [6.45, 7) is -2.16. The van der Waals surface area contributed by atoms with Crippen LogP contribution < -0.4 is 14.8 Å². The first-order valence-electron chi connectivity index (χ1n) is 13.9. The second kappa shape index (κ2) is 11.3. The van der Waals surface area contributed by atoms with Crippen molar-refractivity contribution in [2.75, 3.05) is 26.5 Å². The van der Waals surface area contributed by atoms with Gasteiger partial charge in [0.1, 0.15) is 48.5 Å². The Bertz CT molecular complexity index is 1730. The number of aryl methyl sites for hydroxylation is 1. The largest absolute Gasteiger partial charge is 0.490 e. The molecule has 1 saturated carbocycles. The zero-order valence-electron chi connectivity index (χ0n) is 23.4. The molecule has 13 heteroatoms. The molecule has 1 atom stereocenters. The van der Waals surface area contributed by atoms with Crippen molar-refractivity contribution < 1.29 is 41.3 Å². The van der Waals surface area contributed by atoms with Gasteiger partial charge < -0.3 is 19.9 Å². The Morgan fingerprint density at radius 3 is 2.52 bits per heavy atom. The van der Waals surface area contributed by atoms with E-state index in [-0.39, 0.29) is 34.2 Å². The van der Waals surface area contributed by atoms with E-state index in [0.29, 0.717) is 22.3 Å². The number of nitrogens with zero attached hydrogens (tertiary/aromatic N) is 3. The lowest BCUT2D eigenvalue weighted by atomic mass is 9.83. The van der Waals surface area contributed by atoms with Gasteiger partial charge in [-0.2, -0.15) is 5.10 Å². The predicted octanol–water partition coefficient (Wildman–Crippen LogP) is 5.13. The molecule has 4 aromatic rings. The number of amides is 1. The van der Waals surface area contributed by atoms with Gasteiger partial charge in [0, 0.05) is 22.1 Å². The Hall–Kier alpha value is -4.39.